The molecule has 0 bridgehead atoms. The minimum Gasteiger partial charge on any atom is -0.415 e. The zero-order valence-electron chi connectivity index (χ0n) is 9.26. The zero-order valence-corrected chi connectivity index (χ0v) is 10.8. The summed E-state index contributed by atoms with van der Waals surface area (Å²) in [7, 11) is 0. The standard InChI is InChI=1S/C11H9ClN4OS/c12-9-3-7(4-13)1-2-8(9)6-18-11-16-15-10(5-14)17-11/h1-3H,5-6,14H2. The maximum absolute atomic E-state index is 8.73. The van der Waals surface area contributed by atoms with E-state index in [1.165, 1.54) is 11.8 Å². The summed E-state index contributed by atoms with van der Waals surface area (Å²) in [5.41, 5.74) is 6.82. The van der Waals surface area contributed by atoms with Crippen molar-refractivity contribution in [2.24, 2.45) is 5.73 Å². The molecule has 2 N–H and O–H groups in total. The molecule has 0 unspecified atom stereocenters. The normalized spacial score (nSPS) is 10.3. The van der Waals surface area contributed by atoms with E-state index in [9.17, 15) is 0 Å². The molecule has 0 amide bonds. The van der Waals surface area contributed by atoms with Crippen molar-refractivity contribution in [3.63, 3.8) is 0 Å². The molecule has 7 heteroatoms. The minimum atomic E-state index is 0.227. The van der Waals surface area contributed by atoms with Gasteiger partial charge in [-0.3, -0.25) is 0 Å². The third kappa shape index (κ3) is 3.01. The molecular weight excluding hydrogens is 272 g/mol. The molecule has 92 valence electrons. The Morgan fingerprint density at radius 3 is 2.89 bits per heavy atom. The summed E-state index contributed by atoms with van der Waals surface area (Å²) in [5, 5.41) is 17.3. The number of benzene rings is 1. The summed E-state index contributed by atoms with van der Waals surface area (Å²) in [5.74, 6) is 1.000. The van der Waals surface area contributed by atoms with E-state index in [1.807, 2.05) is 12.1 Å². The Morgan fingerprint density at radius 2 is 2.28 bits per heavy atom. The van der Waals surface area contributed by atoms with Crippen LogP contribution in [0.2, 0.25) is 5.02 Å². The maximum atomic E-state index is 8.73. The van der Waals surface area contributed by atoms with Crippen LogP contribution in [0.3, 0.4) is 0 Å². The topological polar surface area (TPSA) is 88.7 Å². The van der Waals surface area contributed by atoms with Crippen LogP contribution in [0.25, 0.3) is 0 Å². The Labute approximate surface area is 113 Å². The van der Waals surface area contributed by atoms with Gasteiger partial charge < -0.3 is 10.2 Å². The average molecular weight is 281 g/mol. The Hall–Kier alpha value is -1.55. The first-order chi connectivity index (χ1) is 8.72. The van der Waals surface area contributed by atoms with Gasteiger partial charge in [-0.2, -0.15) is 5.26 Å². The first-order valence-electron chi connectivity index (χ1n) is 5.06. The summed E-state index contributed by atoms with van der Waals surface area (Å²) in [4.78, 5) is 0. The first kappa shape index (κ1) is 12.9. The van der Waals surface area contributed by atoms with Crippen molar-refractivity contribution >= 4 is 23.4 Å². The quantitative estimate of drug-likeness (QED) is 0.865. The Balaban J connectivity index is 2.04. The number of rotatable bonds is 4. The smallest absolute Gasteiger partial charge is 0.276 e. The monoisotopic (exact) mass is 280 g/mol. The second-order valence-electron chi connectivity index (χ2n) is 3.37. The molecule has 0 aliphatic carbocycles. The van der Waals surface area contributed by atoms with E-state index >= 15 is 0 Å². The molecule has 0 saturated carbocycles. The Bertz CT molecular complexity index is 593. The molecule has 0 atom stereocenters. The molecule has 2 rings (SSSR count). The van der Waals surface area contributed by atoms with E-state index in [0.717, 1.165) is 5.56 Å². The zero-order chi connectivity index (χ0) is 13.0. The van der Waals surface area contributed by atoms with Gasteiger partial charge in [-0.1, -0.05) is 29.4 Å². The van der Waals surface area contributed by atoms with Gasteiger partial charge in [0, 0.05) is 10.8 Å². The lowest BCUT2D eigenvalue weighted by molar-refractivity contribution is 0.415. The lowest BCUT2D eigenvalue weighted by Gasteiger charge is -2.01. The Morgan fingerprint density at radius 1 is 1.44 bits per heavy atom. The van der Waals surface area contributed by atoms with Crippen molar-refractivity contribution in [2.45, 2.75) is 17.5 Å². The van der Waals surface area contributed by atoms with Crippen LogP contribution in [0.5, 0.6) is 0 Å². The van der Waals surface area contributed by atoms with Crippen LogP contribution in [-0.4, -0.2) is 10.2 Å². The van der Waals surface area contributed by atoms with Crippen molar-refractivity contribution < 1.29 is 4.42 Å². The van der Waals surface area contributed by atoms with Gasteiger partial charge in [0.15, 0.2) is 0 Å². The van der Waals surface area contributed by atoms with E-state index in [0.29, 0.717) is 27.5 Å². The van der Waals surface area contributed by atoms with Crippen molar-refractivity contribution in [3.05, 3.63) is 40.2 Å². The highest BCUT2D eigenvalue weighted by atomic mass is 35.5. The summed E-state index contributed by atoms with van der Waals surface area (Å²) in [6.07, 6.45) is 0. The van der Waals surface area contributed by atoms with Crippen LogP contribution in [-0.2, 0) is 12.3 Å². The number of nitriles is 1. The molecule has 0 saturated heterocycles. The fraction of sp³-hybridized carbons (Fsp3) is 0.182. The van der Waals surface area contributed by atoms with E-state index in [4.69, 9.17) is 27.0 Å². The molecule has 0 spiro atoms. The molecule has 1 heterocycles. The number of nitrogens with two attached hydrogens (primary N) is 1. The van der Waals surface area contributed by atoms with Gasteiger partial charge in [0.25, 0.3) is 5.22 Å². The van der Waals surface area contributed by atoms with E-state index in [1.54, 1.807) is 12.1 Å². The predicted octanol–water partition coefficient (Wildman–Crippen LogP) is 2.35. The molecular formula is C11H9ClN4OS. The van der Waals surface area contributed by atoms with Gasteiger partial charge in [-0.05, 0) is 17.7 Å². The van der Waals surface area contributed by atoms with Crippen LogP contribution in [0.15, 0.2) is 27.8 Å². The molecule has 1 aromatic heterocycles. The van der Waals surface area contributed by atoms with E-state index < -0.39 is 0 Å². The third-order valence-corrected chi connectivity index (χ3v) is 3.38. The summed E-state index contributed by atoms with van der Waals surface area (Å²) >= 11 is 7.43. The van der Waals surface area contributed by atoms with Gasteiger partial charge in [-0.25, -0.2) is 0 Å². The maximum Gasteiger partial charge on any atom is 0.276 e. The first-order valence-corrected chi connectivity index (χ1v) is 6.43. The fourth-order valence-corrected chi connectivity index (χ4v) is 2.36. The van der Waals surface area contributed by atoms with Crippen molar-refractivity contribution in [2.75, 3.05) is 0 Å². The van der Waals surface area contributed by atoms with Gasteiger partial charge >= 0.3 is 0 Å². The van der Waals surface area contributed by atoms with E-state index in [-0.39, 0.29) is 6.54 Å². The summed E-state index contributed by atoms with van der Waals surface area (Å²) in [6.45, 7) is 0.227. The Kier molecular flexibility index (Phi) is 4.20. The van der Waals surface area contributed by atoms with Gasteiger partial charge in [-0.15, -0.1) is 10.2 Å². The second-order valence-corrected chi connectivity index (χ2v) is 4.71. The number of thioether (sulfide) groups is 1. The van der Waals surface area contributed by atoms with Gasteiger partial charge in [0.2, 0.25) is 5.89 Å². The van der Waals surface area contributed by atoms with Crippen LogP contribution >= 0.6 is 23.4 Å². The number of hydrogen-bond acceptors (Lipinski definition) is 6. The third-order valence-electron chi connectivity index (χ3n) is 2.16. The van der Waals surface area contributed by atoms with Gasteiger partial charge in [0.1, 0.15) is 0 Å². The van der Waals surface area contributed by atoms with Crippen molar-refractivity contribution in [1.29, 1.82) is 5.26 Å². The number of nitrogens with zero attached hydrogens (tertiary/aromatic N) is 3. The fourth-order valence-electron chi connectivity index (χ4n) is 1.25. The molecule has 18 heavy (non-hydrogen) atoms. The number of halogens is 1. The highest BCUT2D eigenvalue weighted by molar-refractivity contribution is 7.98. The summed E-state index contributed by atoms with van der Waals surface area (Å²) < 4.78 is 5.26. The van der Waals surface area contributed by atoms with E-state index in [2.05, 4.69) is 10.2 Å². The van der Waals surface area contributed by atoms with Crippen LogP contribution in [0, 0.1) is 11.3 Å². The summed E-state index contributed by atoms with van der Waals surface area (Å²) in [6, 6.07) is 7.21. The largest absolute Gasteiger partial charge is 0.415 e. The molecule has 5 nitrogen and oxygen atoms in total. The van der Waals surface area contributed by atoms with Crippen LogP contribution in [0.4, 0.5) is 0 Å². The molecule has 1 aromatic carbocycles. The lowest BCUT2D eigenvalue weighted by atomic mass is 10.2. The minimum absolute atomic E-state index is 0.227. The lowest BCUT2D eigenvalue weighted by Crippen LogP contribution is -1.95. The number of hydrogen-bond donors (Lipinski definition) is 1. The molecule has 0 radical (unpaired) electrons. The average Bonchev–Trinajstić information content (AvgIpc) is 2.85. The molecule has 0 aliphatic heterocycles. The highest BCUT2D eigenvalue weighted by Crippen LogP contribution is 2.26. The molecule has 2 aromatic rings. The van der Waals surface area contributed by atoms with Crippen molar-refractivity contribution in [3.8, 4) is 6.07 Å². The predicted molar refractivity (Wildman–Crippen MR) is 67.9 cm³/mol. The molecule has 0 fully saturated rings. The number of aromatic nitrogens is 2. The second kappa shape index (κ2) is 5.87. The SMILES string of the molecule is N#Cc1ccc(CSc2nnc(CN)o2)c(Cl)c1. The highest BCUT2D eigenvalue weighted by Gasteiger charge is 2.07. The van der Waals surface area contributed by atoms with Gasteiger partial charge in [0.05, 0.1) is 18.2 Å². The van der Waals surface area contributed by atoms with Crippen molar-refractivity contribution in [1.82, 2.24) is 10.2 Å². The van der Waals surface area contributed by atoms with Crippen LogP contribution < -0.4 is 5.73 Å². The molecule has 0 aliphatic rings. The van der Waals surface area contributed by atoms with Crippen LogP contribution in [0.1, 0.15) is 17.0 Å².